The van der Waals surface area contributed by atoms with E-state index in [0.717, 1.165) is 51.0 Å². The number of phenolic OH excluding ortho intramolecular Hbond substituents is 1. The molecule has 0 radical (unpaired) electrons. The lowest BCUT2D eigenvalue weighted by molar-refractivity contribution is -0.392. The number of rotatable bonds is 12. The van der Waals surface area contributed by atoms with Gasteiger partial charge in [-0.15, -0.1) is 0 Å². The molecule has 2 unspecified atom stereocenters. The second-order valence-corrected chi connectivity index (χ2v) is 26.6. The van der Waals surface area contributed by atoms with E-state index in [1.807, 2.05) is 0 Å². The first-order chi connectivity index (χ1) is 37.1. The van der Waals surface area contributed by atoms with Crippen molar-refractivity contribution in [3.8, 4) is 11.5 Å². The first-order valence-electron chi connectivity index (χ1n) is 28.4. The number of benzene rings is 1. The van der Waals surface area contributed by atoms with Gasteiger partial charge in [-0.3, -0.25) is 0 Å². The molecule has 444 valence electrons. The molecule has 0 bridgehead atoms. The first-order valence-corrected chi connectivity index (χ1v) is 28.4. The summed E-state index contributed by atoms with van der Waals surface area (Å²) in [5.41, 5.74) is -0.986. The molecule has 5 aliphatic carbocycles. The molecule has 10 fully saturated rings. The molecule has 0 aromatic heterocycles. The smallest absolute Gasteiger partial charge is 0.330 e. The second kappa shape index (κ2) is 20.2. The zero-order valence-electron chi connectivity index (χ0n) is 46.3. The molecule has 10 aliphatic rings. The number of hydrogen-bond donors (Lipinski definition) is 11. The maximum atomic E-state index is 12.7. The molecule has 27 atom stereocenters. The summed E-state index contributed by atoms with van der Waals surface area (Å²) >= 11 is 0. The summed E-state index contributed by atoms with van der Waals surface area (Å²) in [6.07, 6.45) is -16.6. The Morgan fingerprint density at radius 2 is 1.42 bits per heavy atom. The molecule has 5 aliphatic heterocycles. The average Bonchev–Trinajstić information content (AvgIpc) is 1.67. The van der Waals surface area contributed by atoms with Gasteiger partial charge in [-0.2, -0.15) is 0 Å². The van der Waals surface area contributed by atoms with Crippen molar-refractivity contribution in [2.75, 3.05) is 26.9 Å². The summed E-state index contributed by atoms with van der Waals surface area (Å²) in [4.78, 5) is 12.7. The van der Waals surface area contributed by atoms with Gasteiger partial charge in [0, 0.05) is 6.08 Å². The van der Waals surface area contributed by atoms with Crippen LogP contribution in [-0.4, -0.2) is 211 Å². The van der Waals surface area contributed by atoms with Crippen molar-refractivity contribution in [2.24, 2.45) is 50.7 Å². The van der Waals surface area contributed by atoms with Crippen LogP contribution >= 0.6 is 0 Å². The lowest BCUT2D eigenvalue weighted by atomic mass is 9.41. The second-order valence-electron chi connectivity index (χ2n) is 26.6. The van der Waals surface area contributed by atoms with Gasteiger partial charge in [-0.05, 0) is 140 Å². The van der Waals surface area contributed by atoms with Crippen LogP contribution in [0.1, 0.15) is 105 Å². The molecule has 11 N–H and O–H groups in total. The Hall–Kier alpha value is -2.69. The van der Waals surface area contributed by atoms with Crippen LogP contribution in [-0.2, 0) is 47.4 Å². The van der Waals surface area contributed by atoms with Gasteiger partial charge in [0.05, 0.1) is 38.1 Å². The van der Waals surface area contributed by atoms with Crippen molar-refractivity contribution in [1.29, 1.82) is 0 Å². The number of aromatic hydroxyl groups is 1. The van der Waals surface area contributed by atoms with Crippen LogP contribution in [0.25, 0.3) is 6.08 Å². The SMILES string of the molecule is COc1ccc(/C=C/C(=O)OC[C@H]2O[C@@H](O[C@H]3[C@H](O[C@H]4[C@H](O[C@H]5CC[C@]67C[C@]68CC[C@]6(C)C9[C@H](C[C@@]6(C)[C@@H]8CCC7C5(C)C)O[C@@]5(O)[C@H](OC(C)(C)[C@H]5O)[C@H]9C)OC[C@@H](O)[C@@H]4O)O[C@H](CO)[C@@H](O)[C@@H]3O)[C@H](O)[C@@H](O)[C@@H]2O)cc1O. The zero-order chi connectivity index (χ0) is 56.9. The molecule has 0 amide bonds. The van der Waals surface area contributed by atoms with Crippen molar-refractivity contribution in [1.82, 2.24) is 0 Å². The first kappa shape index (κ1) is 58.1. The number of methoxy groups -OCH3 is 1. The van der Waals surface area contributed by atoms with Crippen LogP contribution in [0, 0.1) is 50.7 Å². The third-order valence-corrected chi connectivity index (χ3v) is 22.2. The Bertz CT molecular complexity index is 2460. The van der Waals surface area contributed by atoms with Crippen molar-refractivity contribution in [3.63, 3.8) is 0 Å². The van der Waals surface area contributed by atoms with Gasteiger partial charge >= 0.3 is 5.97 Å². The predicted octanol–water partition coefficient (Wildman–Crippen LogP) is 0.748. The van der Waals surface area contributed by atoms with Gasteiger partial charge in [0.25, 0.3) is 0 Å². The Morgan fingerprint density at radius 3 is 2.13 bits per heavy atom. The number of aliphatic hydroxyl groups excluding tert-OH is 9. The fourth-order valence-electron chi connectivity index (χ4n) is 18.0. The molecule has 1 aromatic rings. The van der Waals surface area contributed by atoms with E-state index in [1.165, 1.54) is 25.3 Å². The van der Waals surface area contributed by atoms with E-state index in [2.05, 4.69) is 34.6 Å². The summed E-state index contributed by atoms with van der Waals surface area (Å²) in [5.74, 6) is -1.85. The van der Waals surface area contributed by atoms with Crippen LogP contribution < -0.4 is 4.74 Å². The highest BCUT2D eigenvalue weighted by atomic mass is 16.8. The van der Waals surface area contributed by atoms with Crippen molar-refractivity contribution in [2.45, 2.75) is 222 Å². The largest absolute Gasteiger partial charge is 0.504 e. The third-order valence-electron chi connectivity index (χ3n) is 22.2. The molecule has 5 heterocycles. The fraction of sp³-hybridized carbons (Fsp3) is 0.842. The third kappa shape index (κ3) is 8.81. The van der Waals surface area contributed by atoms with Crippen molar-refractivity contribution >= 4 is 12.0 Å². The quantitative estimate of drug-likeness (QED) is 0.0781. The van der Waals surface area contributed by atoms with E-state index in [1.54, 1.807) is 19.9 Å². The van der Waals surface area contributed by atoms with Crippen LogP contribution in [0.3, 0.4) is 0 Å². The molecule has 1 aromatic carbocycles. The monoisotopic (exact) mass is 1120 g/mol. The molecule has 79 heavy (non-hydrogen) atoms. The average molecular weight is 1120 g/mol. The molecular formula is C57H84O22. The standard InChI is InChI=1S/C57H84O22/c1-25-37-30(78-57(69)46(25)79-52(4,5)50(57)68)20-54(7)34-13-12-33-51(2,3)35(15-16-55(33)24-56(34,55)18-17-53(37,54)6)75-48-44(38(62)28(60)22-72-48)77-49-45(42(66)39(63)31(21-58)73-49)76-47-43(67)41(65)40(64)32(74-47)23-71-36(61)14-10-26-9-11-29(70-8)27(59)19-26/h9-11,14,19,25,28,30-35,37-50,58-60,62-69H,12-13,15-18,20-24H2,1-8H3/b14-10+/t25-,28+,30-,31+,32+,33?,34-,35-,37?,38-,39+,40+,41-,42-,43+,44+,45+,46+,47-,48-,49-,50+,53+,54-,55+,56-,57-/m0/s1. The number of carbonyl (C=O) groups excluding carboxylic acids is 1. The molecule has 11 rings (SSSR count). The molecule has 22 nitrogen and oxygen atoms in total. The number of hydrogen-bond acceptors (Lipinski definition) is 22. The number of carbonyl (C=O) groups is 1. The highest BCUT2D eigenvalue weighted by Gasteiger charge is 2.84. The number of fused-ring (bicyclic) bond motifs is 5. The van der Waals surface area contributed by atoms with Crippen LogP contribution in [0.5, 0.6) is 11.5 Å². The van der Waals surface area contributed by atoms with E-state index in [9.17, 15) is 61.0 Å². The number of aliphatic hydroxyl groups is 10. The molecule has 5 saturated carbocycles. The van der Waals surface area contributed by atoms with Crippen molar-refractivity contribution < 1.29 is 108 Å². The Balaban J connectivity index is 0.777. The molecule has 2 spiro atoms. The number of phenols is 1. The summed E-state index contributed by atoms with van der Waals surface area (Å²) in [6.45, 7) is 13.3. The number of esters is 1. The topological polar surface area (TPSA) is 332 Å². The van der Waals surface area contributed by atoms with Gasteiger partial charge in [0.15, 0.2) is 30.4 Å². The van der Waals surface area contributed by atoms with E-state index < -0.39 is 140 Å². The summed E-state index contributed by atoms with van der Waals surface area (Å²) in [5, 5.41) is 122. The predicted molar refractivity (Wildman–Crippen MR) is 272 cm³/mol. The summed E-state index contributed by atoms with van der Waals surface area (Å²) in [7, 11) is 1.39. The van der Waals surface area contributed by atoms with Gasteiger partial charge in [0.1, 0.15) is 86.0 Å². The highest BCUT2D eigenvalue weighted by molar-refractivity contribution is 5.87. The molecule has 22 heteroatoms. The van der Waals surface area contributed by atoms with E-state index in [0.29, 0.717) is 17.9 Å². The summed E-state index contributed by atoms with van der Waals surface area (Å²) in [6, 6.07) is 4.43. The zero-order valence-corrected chi connectivity index (χ0v) is 46.3. The maximum Gasteiger partial charge on any atom is 0.330 e. The van der Waals surface area contributed by atoms with E-state index in [-0.39, 0.29) is 63.6 Å². The number of ether oxygens (including phenoxy) is 10. The lowest BCUT2D eigenvalue weighted by Gasteiger charge is -2.63. The minimum Gasteiger partial charge on any atom is -0.504 e. The highest BCUT2D eigenvalue weighted by Crippen LogP contribution is 2.89. The Kier molecular flexibility index (Phi) is 14.9. The maximum absolute atomic E-state index is 12.7. The fourth-order valence-corrected chi connectivity index (χ4v) is 18.0. The van der Waals surface area contributed by atoms with Gasteiger partial charge in [-0.25, -0.2) is 4.79 Å². The molecular weight excluding hydrogens is 1040 g/mol. The minimum absolute atomic E-state index is 0.0389. The van der Waals surface area contributed by atoms with Gasteiger partial charge in [0.2, 0.25) is 5.79 Å². The summed E-state index contributed by atoms with van der Waals surface area (Å²) < 4.78 is 60.7. The van der Waals surface area contributed by atoms with E-state index in [4.69, 9.17) is 47.4 Å². The van der Waals surface area contributed by atoms with Gasteiger partial charge < -0.3 is 104 Å². The van der Waals surface area contributed by atoms with Crippen molar-refractivity contribution in [3.05, 3.63) is 29.8 Å². The van der Waals surface area contributed by atoms with Gasteiger partial charge in [-0.1, -0.05) is 40.7 Å². The van der Waals surface area contributed by atoms with E-state index >= 15 is 0 Å². The van der Waals surface area contributed by atoms with Crippen LogP contribution in [0.15, 0.2) is 24.3 Å². The minimum atomic E-state index is -1.99. The van der Waals surface area contributed by atoms with Crippen LogP contribution in [0.4, 0.5) is 0 Å². The lowest BCUT2D eigenvalue weighted by Crippen LogP contribution is -2.66. The normalized spacial score (nSPS) is 52.2. The van der Waals surface area contributed by atoms with Crippen LogP contribution in [0.2, 0.25) is 0 Å². The Labute approximate surface area is 459 Å². The molecule has 5 saturated heterocycles. The Morgan fingerprint density at radius 1 is 0.747 bits per heavy atom.